The Balaban J connectivity index is 1.92. The standard InChI is InChI=1S/C18H19FN4/c19-14-9-7-13(8-10-14)16-12-21-17(11-20)23-18(16)22-15-5-3-1-2-4-6-15/h7-10,12,15H,1-6H2,(H,21,22,23). The summed E-state index contributed by atoms with van der Waals surface area (Å²) in [6.07, 6.45) is 8.81. The molecule has 1 aromatic carbocycles. The Hall–Kier alpha value is -2.48. The first-order chi connectivity index (χ1) is 11.3. The van der Waals surface area contributed by atoms with Gasteiger partial charge in [-0.2, -0.15) is 5.26 Å². The molecule has 0 amide bonds. The van der Waals surface area contributed by atoms with Gasteiger partial charge in [0.25, 0.3) is 0 Å². The number of anilines is 1. The molecule has 1 aromatic heterocycles. The van der Waals surface area contributed by atoms with Crippen LogP contribution >= 0.6 is 0 Å². The molecule has 0 saturated heterocycles. The number of nitrogens with one attached hydrogen (secondary N) is 1. The first kappa shape index (κ1) is 15.4. The van der Waals surface area contributed by atoms with Crippen LogP contribution in [0.5, 0.6) is 0 Å². The third-order valence-corrected chi connectivity index (χ3v) is 4.24. The molecule has 3 rings (SSSR count). The maximum absolute atomic E-state index is 13.1. The van der Waals surface area contributed by atoms with Crippen LogP contribution < -0.4 is 5.32 Å². The molecule has 1 aliphatic carbocycles. The molecule has 4 nitrogen and oxygen atoms in total. The number of nitrogens with zero attached hydrogens (tertiary/aromatic N) is 3. The minimum Gasteiger partial charge on any atom is -0.367 e. The van der Waals surface area contributed by atoms with Gasteiger partial charge in [-0.25, -0.2) is 14.4 Å². The monoisotopic (exact) mass is 310 g/mol. The van der Waals surface area contributed by atoms with E-state index in [1.54, 1.807) is 18.3 Å². The molecule has 5 heteroatoms. The van der Waals surface area contributed by atoms with Crippen LogP contribution in [0.25, 0.3) is 11.1 Å². The molecule has 0 aliphatic heterocycles. The topological polar surface area (TPSA) is 61.6 Å². The van der Waals surface area contributed by atoms with Gasteiger partial charge in [0.1, 0.15) is 17.7 Å². The Morgan fingerprint density at radius 2 is 1.78 bits per heavy atom. The quantitative estimate of drug-likeness (QED) is 0.859. The zero-order valence-electron chi connectivity index (χ0n) is 12.9. The van der Waals surface area contributed by atoms with Crippen molar-refractivity contribution < 1.29 is 4.39 Å². The molecule has 1 N–H and O–H groups in total. The maximum atomic E-state index is 13.1. The molecular weight excluding hydrogens is 291 g/mol. The lowest BCUT2D eigenvalue weighted by atomic mass is 10.1. The number of rotatable bonds is 3. The summed E-state index contributed by atoms with van der Waals surface area (Å²) >= 11 is 0. The van der Waals surface area contributed by atoms with Gasteiger partial charge in [-0.1, -0.05) is 37.8 Å². The Bertz CT molecular complexity index is 698. The van der Waals surface area contributed by atoms with Gasteiger partial charge in [-0.05, 0) is 30.5 Å². The fraction of sp³-hybridized carbons (Fsp3) is 0.389. The Kier molecular flexibility index (Phi) is 4.82. The van der Waals surface area contributed by atoms with Crippen molar-refractivity contribution in [3.8, 4) is 17.2 Å². The van der Waals surface area contributed by atoms with Crippen molar-refractivity contribution in [1.82, 2.24) is 9.97 Å². The second kappa shape index (κ2) is 7.19. The molecule has 0 radical (unpaired) electrons. The fourth-order valence-corrected chi connectivity index (χ4v) is 3.00. The smallest absolute Gasteiger partial charge is 0.234 e. The van der Waals surface area contributed by atoms with Crippen LogP contribution in [0, 0.1) is 17.1 Å². The third kappa shape index (κ3) is 3.84. The highest BCUT2D eigenvalue weighted by molar-refractivity contribution is 5.74. The van der Waals surface area contributed by atoms with E-state index in [9.17, 15) is 4.39 Å². The predicted octanol–water partition coefficient (Wildman–Crippen LogP) is 4.29. The molecule has 1 aliphatic rings. The summed E-state index contributed by atoms with van der Waals surface area (Å²) in [6, 6.07) is 8.59. The van der Waals surface area contributed by atoms with Gasteiger partial charge in [0.15, 0.2) is 0 Å². The molecule has 1 heterocycles. The van der Waals surface area contributed by atoms with Crippen LogP contribution in [0.2, 0.25) is 0 Å². The highest BCUT2D eigenvalue weighted by Gasteiger charge is 2.16. The molecule has 1 fully saturated rings. The molecule has 0 bridgehead atoms. The van der Waals surface area contributed by atoms with Crippen LogP contribution in [0.1, 0.15) is 44.3 Å². The highest BCUT2D eigenvalue weighted by atomic mass is 19.1. The Morgan fingerprint density at radius 3 is 2.43 bits per heavy atom. The van der Waals surface area contributed by atoms with Gasteiger partial charge in [0.05, 0.1) is 0 Å². The molecule has 118 valence electrons. The van der Waals surface area contributed by atoms with Crippen LogP contribution in [0.3, 0.4) is 0 Å². The van der Waals surface area contributed by atoms with Crippen molar-refractivity contribution in [2.75, 3.05) is 5.32 Å². The van der Waals surface area contributed by atoms with Crippen molar-refractivity contribution in [3.05, 3.63) is 42.1 Å². The van der Waals surface area contributed by atoms with E-state index in [2.05, 4.69) is 15.3 Å². The molecule has 0 atom stereocenters. The van der Waals surface area contributed by atoms with Gasteiger partial charge in [-0.3, -0.25) is 0 Å². The van der Waals surface area contributed by atoms with Gasteiger partial charge < -0.3 is 5.32 Å². The lowest BCUT2D eigenvalue weighted by Gasteiger charge is -2.19. The normalized spacial score (nSPS) is 15.7. The number of benzene rings is 1. The van der Waals surface area contributed by atoms with Gasteiger partial charge in [0, 0.05) is 17.8 Å². The zero-order chi connectivity index (χ0) is 16.1. The van der Waals surface area contributed by atoms with Crippen molar-refractivity contribution in [1.29, 1.82) is 5.26 Å². The largest absolute Gasteiger partial charge is 0.367 e. The number of hydrogen-bond donors (Lipinski definition) is 1. The van der Waals surface area contributed by atoms with Gasteiger partial charge in [0.2, 0.25) is 5.82 Å². The molecule has 23 heavy (non-hydrogen) atoms. The van der Waals surface area contributed by atoms with E-state index in [0.717, 1.165) is 24.0 Å². The lowest BCUT2D eigenvalue weighted by molar-refractivity contribution is 0.617. The van der Waals surface area contributed by atoms with E-state index >= 15 is 0 Å². The zero-order valence-corrected chi connectivity index (χ0v) is 12.9. The van der Waals surface area contributed by atoms with E-state index in [0.29, 0.717) is 11.9 Å². The second-order valence-electron chi connectivity index (χ2n) is 5.91. The summed E-state index contributed by atoms with van der Waals surface area (Å²) in [7, 11) is 0. The van der Waals surface area contributed by atoms with Crippen LogP contribution in [0.4, 0.5) is 10.2 Å². The molecule has 2 aromatic rings. The number of halogens is 1. The number of aromatic nitrogens is 2. The summed E-state index contributed by atoms with van der Waals surface area (Å²) in [5.41, 5.74) is 1.64. The van der Waals surface area contributed by atoms with Crippen molar-refractivity contribution in [3.63, 3.8) is 0 Å². The number of nitriles is 1. The SMILES string of the molecule is N#Cc1ncc(-c2ccc(F)cc2)c(NC2CCCCCC2)n1. The maximum Gasteiger partial charge on any atom is 0.234 e. The minimum absolute atomic E-state index is 0.145. The van der Waals surface area contributed by atoms with Gasteiger partial charge >= 0.3 is 0 Å². The first-order valence-corrected chi connectivity index (χ1v) is 8.06. The third-order valence-electron chi connectivity index (χ3n) is 4.24. The van der Waals surface area contributed by atoms with Crippen molar-refractivity contribution in [2.45, 2.75) is 44.6 Å². The fourth-order valence-electron chi connectivity index (χ4n) is 3.00. The first-order valence-electron chi connectivity index (χ1n) is 8.06. The molecule has 0 spiro atoms. The summed E-state index contributed by atoms with van der Waals surface area (Å²) in [4.78, 5) is 8.40. The van der Waals surface area contributed by atoms with Gasteiger partial charge in [-0.15, -0.1) is 0 Å². The summed E-state index contributed by atoms with van der Waals surface area (Å²) in [5, 5.41) is 12.5. The average Bonchev–Trinajstić information content (AvgIpc) is 2.84. The second-order valence-corrected chi connectivity index (χ2v) is 5.91. The Morgan fingerprint density at radius 1 is 1.09 bits per heavy atom. The van der Waals surface area contributed by atoms with E-state index in [4.69, 9.17) is 5.26 Å². The van der Waals surface area contributed by atoms with Crippen LogP contribution in [-0.2, 0) is 0 Å². The van der Waals surface area contributed by atoms with Crippen molar-refractivity contribution in [2.24, 2.45) is 0 Å². The van der Waals surface area contributed by atoms with E-state index in [-0.39, 0.29) is 11.6 Å². The van der Waals surface area contributed by atoms with E-state index in [1.165, 1.54) is 37.8 Å². The summed E-state index contributed by atoms with van der Waals surface area (Å²) in [5.74, 6) is 0.531. The molecular formula is C18H19FN4. The molecule has 1 saturated carbocycles. The van der Waals surface area contributed by atoms with E-state index in [1.807, 2.05) is 6.07 Å². The number of hydrogen-bond acceptors (Lipinski definition) is 4. The summed E-state index contributed by atoms with van der Waals surface area (Å²) < 4.78 is 13.1. The average molecular weight is 310 g/mol. The lowest BCUT2D eigenvalue weighted by Crippen LogP contribution is -2.20. The highest BCUT2D eigenvalue weighted by Crippen LogP contribution is 2.28. The Labute approximate surface area is 135 Å². The van der Waals surface area contributed by atoms with Crippen molar-refractivity contribution >= 4 is 5.82 Å². The van der Waals surface area contributed by atoms with E-state index < -0.39 is 0 Å². The van der Waals surface area contributed by atoms with Crippen LogP contribution in [-0.4, -0.2) is 16.0 Å². The van der Waals surface area contributed by atoms with Crippen LogP contribution in [0.15, 0.2) is 30.5 Å². The molecule has 0 unspecified atom stereocenters. The minimum atomic E-state index is -0.276. The summed E-state index contributed by atoms with van der Waals surface area (Å²) in [6.45, 7) is 0. The predicted molar refractivity (Wildman–Crippen MR) is 87.3 cm³/mol.